The second-order valence-corrected chi connectivity index (χ2v) is 4.14. The highest BCUT2D eigenvalue weighted by Gasteiger charge is 2.08. The molecule has 1 aromatic rings. The number of hydrogen-bond acceptors (Lipinski definition) is 2. The van der Waals surface area contributed by atoms with Gasteiger partial charge in [-0.25, -0.2) is 0 Å². The van der Waals surface area contributed by atoms with Crippen LogP contribution in [0.25, 0.3) is 0 Å². The Morgan fingerprint density at radius 1 is 1.44 bits per heavy atom. The number of benzene rings is 1. The highest BCUT2D eigenvalue weighted by atomic mass is 19.1. The maximum absolute atomic E-state index is 12.0. The predicted octanol–water partition coefficient (Wildman–Crippen LogP) is 2.62. The van der Waals surface area contributed by atoms with Crippen LogP contribution < -0.4 is 10.5 Å². The highest BCUT2D eigenvalue weighted by Crippen LogP contribution is 2.24. The molecule has 0 aliphatic carbocycles. The van der Waals surface area contributed by atoms with Gasteiger partial charge in [-0.15, -0.1) is 0 Å². The lowest BCUT2D eigenvalue weighted by Crippen LogP contribution is -2.18. The summed E-state index contributed by atoms with van der Waals surface area (Å²) < 4.78 is 17.6. The first-order chi connectivity index (χ1) is 7.65. The average Bonchev–Trinajstić information content (AvgIpc) is 2.21. The Kier molecular flexibility index (Phi) is 5.26. The lowest BCUT2D eigenvalue weighted by Gasteiger charge is -2.15. The van der Waals surface area contributed by atoms with Crippen LogP contribution in [0.1, 0.15) is 24.5 Å². The van der Waals surface area contributed by atoms with Gasteiger partial charge in [0, 0.05) is 12.5 Å². The Morgan fingerprint density at radius 2 is 2.19 bits per heavy atom. The second kappa shape index (κ2) is 6.48. The fourth-order valence-corrected chi connectivity index (χ4v) is 1.66. The van der Waals surface area contributed by atoms with Crippen molar-refractivity contribution >= 4 is 0 Å². The molecule has 0 aliphatic heterocycles. The van der Waals surface area contributed by atoms with Crippen LogP contribution in [0.5, 0.6) is 5.75 Å². The first kappa shape index (κ1) is 13.0. The molecule has 2 nitrogen and oxygen atoms in total. The average molecular weight is 225 g/mol. The van der Waals surface area contributed by atoms with E-state index in [9.17, 15) is 4.39 Å². The van der Waals surface area contributed by atoms with E-state index in [4.69, 9.17) is 10.5 Å². The Hall–Kier alpha value is -1.09. The van der Waals surface area contributed by atoms with Crippen molar-refractivity contribution in [2.75, 3.05) is 13.3 Å². The van der Waals surface area contributed by atoms with Gasteiger partial charge in [0.2, 0.25) is 0 Å². The van der Waals surface area contributed by atoms with Crippen LogP contribution in [0.3, 0.4) is 0 Å². The molecule has 0 aromatic heterocycles. The molecule has 1 aromatic carbocycles. The van der Waals surface area contributed by atoms with Crippen molar-refractivity contribution in [2.45, 2.75) is 32.7 Å². The van der Waals surface area contributed by atoms with Crippen LogP contribution in [0.15, 0.2) is 18.2 Å². The van der Waals surface area contributed by atoms with Gasteiger partial charge in [0.05, 0.1) is 13.3 Å². The molecule has 1 atom stereocenters. The molecule has 0 aliphatic rings. The van der Waals surface area contributed by atoms with Gasteiger partial charge in [-0.1, -0.05) is 18.2 Å². The van der Waals surface area contributed by atoms with Gasteiger partial charge in [-0.05, 0) is 31.4 Å². The summed E-state index contributed by atoms with van der Waals surface area (Å²) >= 11 is 0. The molecule has 0 saturated carbocycles. The first-order valence-electron chi connectivity index (χ1n) is 5.68. The van der Waals surface area contributed by atoms with E-state index in [0.717, 1.165) is 23.3 Å². The van der Waals surface area contributed by atoms with Crippen molar-refractivity contribution in [2.24, 2.45) is 5.73 Å². The Balaban J connectivity index is 2.77. The number of aryl methyl sites for hydroxylation is 1. The number of rotatable bonds is 6. The molecule has 0 saturated heterocycles. The normalized spacial score (nSPS) is 12.5. The minimum atomic E-state index is -0.339. The molecule has 90 valence electrons. The zero-order chi connectivity index (χ0) is 12.0. The minimum absolute atomic E-state index is 0.102. The fourth-order valence-electron chi connectivity index (χ4n) is 1.66. The SMILES string of the molecule is Cc1cccc(CC(C)N)c1OCCCF. The zero-order valence-electron chi connectivity index (χ0n) is 10.0. The van der Waals surface area contributed by atoms with Gasteiger partial charge >= 0.3 is 0 Å². The predicted molar refractivity (Wildman–Crippen MR) is 64.6 cm³/mol. The molecular weight excluding hydrogens is 205 g/mol. The lowest BCUT2D eigenvalue weighted by atomic mass is 10.0. The van der Waals surface area contributed by atoms with Crippen molar-refractivity contribution in [3.05, 3.63) is 29.3 Å². The zero-order valence-corrected chi connectivity index (χ0v) is 10.0. The van der Waals surface area contributed by atoms with E-state index in [2.05, 4.69) is 0 Å². The number of nitrogens with two attached hydrogens (primary N) is 1. The van der Waals surface area contributed by atoms with Crippen LogP contribution in [0.4, 0.5) is 4.39 Å². The second-order valence-electron chi connectivity index (χ2n) is 4.14. The van der Waals surface area contributed by atoms with E-state index in [0.29, 0.717) is 13.0 Å². The summed E-state index contributed by atoms with van der Waals surface area (Å²) in [5.41, 5.74) is 7.97. The molecule has 0 heterocycles. The number of hydrogen-bond donors (Lipinski definition) is 1. The fraction of sp³-hybridized carbons (Fsp3) is 0.538. The number of halogens is 1. The summed E-state index contributed by atoms with van der Waals surface area (Å²) in [4.78, 5) is 0. The van der Waals surface area contributed by atoms with Gasteiger partial charge in [0.15, 0.2) is 0 Å². The quantitative estimate of drug-likeness (QED) is 0.755. The summed E-state index contributed by atoms with van der Waals surface area (Å²) in [6.07, 6.45) is 1.22. The first-order valence-corrected chi connectivity index (χ1v) is 5.68. The maximum atomic E-state index is 12.0. The molecule has 2 N–H and O–H groups in total. The monoisotopic (exact) mass is 225 g/mol. The molecule has 0 radical (unpaired) electrons. The Labute approximate surface area is 96.6 Å². The topological polar surface area (TPSA) is 35.2 Å². The van der Waals surface area contributed by atoms with Crippen molar-refractivity contribution < 1.29 is 9.13 Å². The van der Waals surface area contributed by atoms with Crippen LogP contribution in [0.2, 0.25) is 0 Å². The highest BCUT2D eigenvalue weighted by molar-refractivity contribution is 5.41. The lowest BCUT2D eigenvalue weighted by molar-refractivity contribution is 0.285. The number of para-hydroxylation sites is 1. The van der Waals surface area contributed by atoms with Crippen molar-refractivity contribution in [1.82, 2.24) is 0 Å². The minimum Gasteiger partial charge on any atom is -0.493 e. The van der Waals surface area contributed by atoms with Crippen LogP contribution >= 0.6 is 0 Å². The van der Waals surface area contributed by atoms with E-state index < -0.39 is 0 Å². The van der Waals surface area contributed by atoms with Crippen molar-refractivity contribution in [3.63, 3.8) is 0 Å². The third-order valence-electron chi connectivity index (χ3n) is 2.36. The van der Waals surface area contributed by atoms with Gasteiger partial charge < -0.3 is 10.5 Å². The van der Waals surface area contributed by atoms with Gasteiger partial charge in [0.1, 0.15) is 5.75 Å². The Morgan fingerprint density at radius 3 is 2.81 bits per heavy atom. The Bertz CT molecular complexity index is 326. The van der Waals surface area contributed by atoms with Crippen LogP contribution in [-0.4, -0.2) is 19.3 Å². The maximum Gasteiger partial charge on any atom is 0.125 e. The van der Waals surface area contributed by atoms with E-state index in [1.807, 2.05) is 32.0 Å². The summed E-state index contributed by atoms with van der Waals surface area (Å²) in [6, 6.07) is 6.11. The summed E-state index contributed by atoms with van der Waals surface area (Å²) in [5.74, 6) is 0.869. The van der Waals surface area contributed by atoms with Crippen molar-refractivity contribution in [1.29, 1.82) is 0 Å². The summed E-state index contributed by atoms with van der Waals surface area (Å²) in [7, 11) is 0. The third kappa shape index (κ3) is 3.81. The molecule has 1 unspecified atom stereocenters. The van der Waals surface area contributed by atoms with Gasteiger partial charge in [0.25, 0.3) is 0 Å². The van der Waals surface area contributed by atoms with Crippen LogP contribution in [-0.2, 0) is 6.42 Å². The molecule has 0 amide bonds. The van der Waals surface area contributed by atoms with Gasteiger partial charge in [-0.2, -0.15) is 0 Å². The molecule has 3 heteroatoms. The van der Waals surface area contributed by atoms with Crippen molar-refractivity contribution in [3.8, 4) is 5.75 Å². The number of ether oxygens (including phenoxy) is 1. The van der Waals surface area contributed by atoms with E-state index in [1.165, 1.54) is 0 Å². The van der Waals surface area contributed by atoms with Gasteiger partial charge in [-0.3, -0.25) is 4.39 Å². The molecule has 0 fully saturated rings. The largest absolute Gasteiger partial charge is 0.493 e. The smallest absolute Gasteiger partial charge is 0.125 e. The standard InChI is InChI=1S/C13H20FNO/c1-10-5-3-6-12(9-11(2)15)13(10)16-8-4-7-14/h3,5-6,11H,4,7-9,15H2,1-2H3. The molecule has 1 rings (SSSR count). The van der Waals surface area contributed by atoms with E-state index in [-0.39, 0.29) is 12.7 Å². The summed E-state index contributed by atoms with van der Waals surface area (Å²) in [6.45, 7) is 4.05. The molecule has 0 spiro atoms. The van der Waals surface area contributed by atoms with E-state index >= 15 is 0 Å². The molecular formula is C13H20FNO. The van der Waals surface area contributed by atoms with E-state index in [1.54, 1.807) is 0 Å². The molecule has 0 bridgehead atoms. The summed E-state index contributed by atoms with van der Waals surface area (Å²) in [5, 5.41) is 0. The molecule has 16 heavy (non-hydrogen) atoms. The van der Waals surface area contributed by atoms with Crippen LogP contribution in [0, 0.1) is 6.92 Å². The third-order valence-corrected chi connectivity index (χ3v) is 2.36. The number of alkyl halides is 1.